The molecule has 0 saturated carbocycles. The van der Waals surface area contributed by atoms with Crippen molar-refractivity contribution in [1.82, 2.24) is 9.97 Å². The normalized spacial score (nSPS) is 11.2. The number of hydrogen-bond donors (Lipinski definition) is 1. The lowest BCUT2D eigenvalue weighted by Gasteiger charge is -2.17. The second kappa shape index (κ2) is 10.9. The van der Waals surface area contributed by atoms with Gasteiger partial charge < -0.3 is 18.7 Å². The first kappa shape index (κ1) is 26.2. The SMILES string of the molecule is COc1cc(/C=N\Nc2cc(N(C)C)nc(N(C)C)n2)ccc1OS(=O)(=O)c1ccccc1[N+](=O)[O-]. The molecule has 0 atom stereocenters. The number of methoxy groups -OCH3 is 1. The van der Waals surface area contributed by atoms with E-state index in [1.165, 1.54) is 37.6 Å². The number of nitrogens with one attached hydrogen (secondary N) is 1. The molecule has 3 aromatic rings. The summed E-state index contributed by atoms with van der Waals surface area (Å²) in [5.74, 6) is 1.61. The van der Waals surface area contributed by atoms with Crippen LogP contribution in [0.1, 0.15) is 5.56 Å². The van der Waals surface area contributed by atoms with Gasteiger partial charge in [-0.3, -0.25) is 15.5 Å². The van der Waals surface area contributed by atoms with Crippen LogP contribution in [0.5, 0.6) is 11.5 Å². The Labute approximate surface area is 208 Å². The van der Waals surface area contributed by atoms with Crippen LogP contribution in [0.25, 0.3) is 0 Å². The molecule has 3 rings (SSSR count). The van der Waals surface area contributed by atoms with Crippen LogP contribution in [0.15, 0.2) is 58.5 Å². The molecule has 13 nitrogen and oxygen atoms in total. The molecular formula is C22H25N7O6S. The van der Waals surface area contributed by atoms with Gasteiger partial charge in [-0.15, -0.1) is 0 Å². The van der Waals surface area contributed by atoms with Crippen molar-refractivity contribution in [2.24, 2.45) is 5.10 Å². The van der Waals surface area contributed by atoms with E-state index in [9.17, 15) is 18.5 Å². The molecule has 0 spiro atoms. The van der Waals surface area contributed by atoms with Crippen LogP contribution in [0.3, 0.4) is 0 Å². The summed E-state index contributed by atoms with van der Waals surface area (Å²) < 4.78 is 35.9. The predicted octanol–water partition coefficient (Wildman–Crippen LogP) is 2.74. The minimum Gasteiger partial charge on any atom is -0.493 e. The number of nitro groups is 1. The van der Waals surface area contributed by atoms with E-state index >= 15 is 0 Å². The zero-order chi connectivity index (χ0) is 26.5. The highest BCUT2D eigenvalue weighted by Crippen LogP contribution is 2.32. The molecule has 0 unspecified atom stereocenters. The molecule has 1 aromatic heterocycles. The van der Waals surface area contributed by atoms with Gasteiger partial charge in [0.25, 0.3) is 5.69 Å². The van der Waals surface area contributed by atoms with Crippen molar-refractivity contribution in [1.29, 1.82) is 0 Å². The maximum Gasteiger partial charge on any atom is 0.346 e. The van der Waals surface area contributed by atoms with E-state index in [2.05, 4.69) is 20.5 Å². The van der Waals surface area contributed by atoms with E-state index in [1.54, 1.807) is 17.0 Å². The molecule has 36 heavy (non-hydrogen) atoms. The molecule has 0 fully saturated rings. The van der Waals surface area contributed by atoms with E-state index in [0.717, 1.165) is 12.1 Å². The Morgan fingerprint density at radius 1 is 1.03 bits per heavy atom. The molecule has 0 saturated heterocycles. The highest BCUT2D eigenvalue weighted by Gasteiger charge is 2.28. The first-order valence-corrected chi connectivity index (χ1v) is 11.8. The van der Waals surface area contributed by atoms with Crippen molar-refractivity contribution in [3.63, 3.8) is 0 Å². The average Bonchev–Trinajstić information content (AvgIpc) is 2.84. The molecule has 0 radical (unpaired) electrons. The molecule has 0 aliphatic carbocycles. The number of hydrazone groups is 1. The number of anilines is 3. The summed E-state index contributed by atoms with van der Waals surface area (Å²) in [6.45, 7) is 0. The molecule has 1 N–H and O–H groups in total. The smallest absolute Gasteiger partial charge is 0.346 e. The Bertz CT molecular complexity index is 1370. The summed E-state index contributed by atoms with van der Waals surface area (Å²) in [6, 6.07) is 11.1. The van der Waals surface area contributed by atoms with Crippen LogP contribution in [0, 0.1) is 10.1 Å². The minimum atomic E-state index is -4.50. The van der Waals surface area contributed by atoms with Crippen LogP contribution in [-0.2, 0) is 10.1 Å². The van der Waals surface area contributed by atoms with Crippen molar-refractivity contribution < 1.29 is 22.3 Å². The zero-order valence-corrected chi connectivity index (χ0v) is 21.1. The van der Waals surface area contributed by atoms with Crippen LogP contribution < -0.4 is 24.1 Å². The summed E-state index contributed by atoms with van der Waals surface area (Å²) in [6.07, 6.45) is 1.48. The van der Waals surface area contributed by atoms with Gasteiger partial charge in [0.15, 0.2) is 22.2 Å². The van der Waals surface area contributed by atoms with Crippen molar-refractivity contribution in [2.45, 2.75) is 4.90 Å². The standard InChI is InChI=1S/C22H25N7O6S/c1-27(2)21-13-20(24-22(25-21)28(3)4)26-23-14-15-10-11-17(18(12-15)34-5)35-36(32,33)19-9-7-6-8-16(19)29(30)31/h6-14H,1-5H3,(H,24,25,26)/b23-14-. The number of rotatable bonds is 10. The van der Waals surface area contributed by atoms with E-state index < -0.39 is 25.6 Å². The Hall–Kier alpha value is -4.46. The third kappa shape index (κ3) is 6.15. The van der Waals surface area contributed by atoms with Gasteiger partial charge in [-0.1, -0.05) is 12.1 Å². The molecule has 14 heteroatoms. The number of ether oxygens (including phenoxy) is 1. The van der Waals surface area contributed by atoms with Crippen molar-refractivity contribution >= 4 is 39.6 Å². The monoisotopic (exact) mass is 515 g/mol. The van der Waals surface area contributed by atoms with Gasteiger partial charge in [0.1, 0.15) is 5.82 Å². The lowest BCUT2D eigenvalue weighted by molar-refractivity contribution is -0.387. The van der Waals surface area contributed by atoms with Gasteiger partial charge in [0, 0.05) is 40.3 Å². The van der Waals surface area contributed by atoms with Crippen molar-refractivity contribution in [3.05, 3.63) is 64.2 Å². The largest absolute Gasteiger partial charge is 0.493 e. The number of aromatic nitrogens is 2. The predicted molar refractivity (Wildman–Crippen MR) is 136 cm³/mol. The van der Waals surface area contributed by atoms with E-state index in [0.29, 0.717) is 23.1 Å². The number of benzene rings is 2. The lowest BCUT2D eigenvalue weighted by Crippen LogP contribution is -2.17. The molecule has 2 aromatic carbocycles. The summed E-state index contributed by atoms with van der Waals surface area (Å²) in [7, 11) is 4.22. The number of nitrogens with zero attached hydrogens (tertiary/aromatic N) is 6. The zero-order valence-electron chi connectivity index (χ0n) is 20.2. The van der Waals surface area contributed by atoms with E-state index in [-0.39, 0.29) is 11.5 Å². The summed E-state index contributed by atoms with van der Waals surface area (Å²) in [5.41, 5.74) is 2.81. The van der Waals surface area contributed by atoms with Gasteiger partial charge in [-0.2, -0.15) is 23.5 Å². The van der Waals surface area contributed by atoms with Gasteiger partial charge in [-0.25, -0.2) is 0 Å². The van der Waals surface area contributed by atoms with Gasteiger partial charge in [0.05, 0.1) is 18.2 Å². The fourth-order valence-corrected chi connectivity index (χ4v) is 4.00. The molecule has 0 aliphatic rings. The van der Waals surface area contributed by atoms with Crippen LogP contribution in [-0.4, -0.2) is 64.8 Å². The minimum absolute atomic E-state index is 0.0907. The van der Waals surface area contributed by atoms with E-state index in [1.807, 2.05) is 33.1 Å². The van der Waals surface area contributed by atoms with Crippen LogP contribution in [0.2, 0.25) is 0 Å². The van der Waals surface area contributed by atoms with E-state index in [4.69, 9.17) is 8.92 Å². The van der Waals surface area contributed by atoms with Gasteiger partial charge in [0.2, 0.25) is 5.95 Å². The Balaban J connectivity index is 1.82. The highest BCUT2D eigenvalue weighted by molar-refractivity contribution is 7.87. The third-order valence-electron chi connectivity index (χ3n) is 4.67. The first-order chi connectivity index (χ1) is 17.0. The van der Waals surface area contributed by atoms with Gasteiger partial charge >= 0.3 is 10.1 Å². The van der Waals surface area contributed by atoms with Crippen molar-refractivity contribution in [2.75, 3.05) is 50.5 Å². The number of hydrogen-bond acceptors (Lipinski definition) is 12. The second-order valence-electron chi connectivity index (χ2n) is 7.74. The first-order valence-electron chi connectivity index (χ1n) is 10.4. The lowest BCUT2D eigenvalue weighted by atomic mass is 10.2. The molecular weight excluding hydrogens is 490 g/mol. The second-order valence-corrected chi connectivity index (χ2v) is 9.26. The van der Waals surface area contributed by atoms with Crippen LogP contribution >= 0.6 is 0 Å². The molecule has 0 amide bonds. The number of para-hydroxylation sites is 1. The fraction of sp³-hybridized carbons (Fsp3) is 0.227. The highest BCUT2D eigenvalue weighted by atomic mass is 32.2. The maximum absolute atomic E-state index is 12.7. The average molecular weight is 516 g/mol. The fourth-order valence-electron chi connectivity index (χ4n) is 2.90. The summed E-state index contributed by atoms with van der Waals surface area (Å²) in [4.78, 5) is 22.3. The molecule has 0 aliphatic heterocycles. The summed E-state index contributed by atoms with van der Waals surface area (Å²) >= 11 is 0. The Morgan fingerprint density at radius 3 is 2.39 bits per heavy atom. The van der Waals surface area contributed by atoms with Crippen molar-refractivity contribution in [3.8, 4) is 11.5 Å². The topological polar surface area (TPSA) is 152 Å². The Morgan fingerprint density at radius 2 is 1.75 bits per heavy atom. The summed E-state index contributed by atoms with van der Waals surface area (Å²) in [5, 5.41) is 15.4. The molecule has 1 heterocycles. The molecule has 0 bridgehead atoms. The van der Waals surface area contributed by atoms with Gasteiger partial charge in [-0.05, 0) is 29.8 Å². The molecule has 190 valence electrons. The quantitative estimate of drug-likeness (QED) is 0.183. The Kier molecular flexibility index (Phi) is 7.89. The third-order valence-corrected chi connectivity index (χ3v) is 5.95. The number of nitro benzene ring substituents is 1. The van der Waals surface area contributed by atoms with Crippen LogP contribution in [0.4, 0.5) is 23.3 Å². The maximum atomic E-state index is 12.7.